The standard InChI is InChI=1S/C14H15B/c1-3-6-13-9-11-7-4-5-8-12(11)10-14(13)15-2/h4-10H,3H2,1-2H3/b13-6-. The Balaban J connectivity index is 2.88. The van der Waals surface area contributed by atoms with Crippen LogP contribution in [0.5, 0.6) is 0 Å². The second-order valence-corrected chi connectivity index (χ2v) is 3.73. The number of fused-ring (bicyclic) bond motifs is 1. The normalized spacial score (nSPS) is 13.2. The summed E-state index contributed by atoms with van der Waals surface area (Å²) in [6.07, 6.45) is 3.36. The first-order chi connectivity index (χ1) is 7.35. The summed E-state index contributed by atoms with van der Waals surface area (Å²) < 4.78 is 0. The second kappa shape index (κ2) is 4.44. The van der Waals surface area contributed by atoms with Gasteiger partial charge < -0.3 is 0 Å². The van der Waals surface area contributed by atoms with Crippen molar-refractivity contribution in [3.63, 3.8) is 0 Å². The zero-order valence-electron chi connectivity index (χ0n) is 9.33. The first kappa shape index (κ1) is 10.2. The Morgan fingerprint density at radius 3 is 2.40 bits per heavy atom. The summed E-state index contributed by atoms with van der Waals surface area (Å²) in [6.45, 7) is 6.44. The fourth-order valence-corrected chi connectivity index (χ4v) is 1.92. The Kier molecular flexibility index (Phi) is 3.01. The van der Waals surface area contributed by atoms with Crippen molar-refractivity contribution >= 4 is 23.8 Å². The van der Waals surface area contributed by atoms with Crippen LogP contribution in [0.3, 0.4) is 0 Å². The van der Waals surface area contributed by atoms with Crippen molar-refractivity contribution in [2.24, 2.45) is 0 Å². The van der Waals surface area contributed by atoms with Crippen molar-refractivity contribution in [2.45, 2.75) is 20.2 Å². The van der Waals surface area contributed by atoms with E-state index in [4.69, 9.17) is 0 Å². The molecule has 0 N–H and O–H groups in total. The van der Waals surface area contributed by atoms with E-state index in [0.717, 1.165) is 6.42 Å². The van der Waals surface area contributed by atoms with E-state index in [9.17, 15) is 0 Å². The summed E-state index contributed by atoms with van der Waals surface area (Å²) in [5.74, 6) is 0. The molecule has 0 bridgehead atoms. The van der Waals surface area contributed by atoms with Gasteiger partial charge in [-0.15, -0.1) is 0 Å². The van der Waals surface area contributed by atoms with Gasteiger partial charge in [0.2, 0.25) is 0 Å². The summed E-state index contributed by atoms with van der Waals surface area (Å²) in [5.41, 5.74) is 0. The van der Waals surface area contributed by atoms with Gasteiger partial charge in [0.1, 0.15) is 0 Å². The molecule has 0 aromatic heterocycles. The van der Waals surface area contributed by atoms with Gasteiger partial charge in [0, 0.05) is 0 Å². The van der Waals surface area contributed by atoms with E-state index < -0.39 is 0 Å². The van der Waals surface area contributed by atoms with E-state index in [0.29, 0.717) is 0 Å². The van der Waals surface area contributed by atoms with E-state index in [1.807, 2.05) is 0 Å². The predicted octanol–water partition coefficient (Wildman–Crippen LogP) is 3.03. The van der Waals surface area contributed by atoms with Crippen molar-refractivity contribution < 1.29 is 0 Å². The van der Waals surface area contributed by atoms with Crippen LogP contribution in [0.4, 0.5) is 0 Å². The summed E-state index contributed by atoms with van der Waals surface area (Å²) in [5, 5.41) is 5.32. The molecular formula is C14H15B. The number of hydrogen-bond donors (Lipinski definition) is 0. The van der Waals surface area contributed by atoms with E-state index in [1.165, 1.54) is 21.1 Å². The average Bonchev–Trinajstić information content (AvgIpc) is 2.28. The van der Waals surface area contributed by atoms with Gasteiger partial charge in [0.15, 0.2) is 0 Å². The van der Waals surface area contributed by atoms with Crippen LogP contribution >= 0.6 is 0 Å². The molecule has 0 fully saturated rings. The quantitative estimate of drug-likeness (QED) is 0.612. The van der Waals surface area contributed by atoms with Gasteiger partial charge in [-0.25, -0.2) is 0 Å². The molecule has 15 heavy (non-hydrogen) atoms. The molecule has 0 spiro atoms. The van der Waals surface area contributed by atoms with Crippen LogP contribution < -0.4 is 5.22 Å². The van der Waals surface area contributed by atoms with Crippen molar-refractivity contribution in [3.05, 3.63) is 46.7 Å². The van der Waals surface area contributed by atoms with Gasteiger partial charge in [-0.05, 0) is 0 Å². The molecule has 74 valence electrons. The van der Waals surface area contributed by atoms with Gasteiger partial charge in [-0.3, -0.25) is 0 Å². The Hall–Kier alpha value is -1.37. The molecule has 0 saturated heterocycles. The van der Waals surface area contributed by atoms with Crippen LogP contribution in [-0.2, 0) is 0 Å². The van der Waals surface area contributed by atoms with Crippen LogP contribution in [0.2, 0.25) is 6.82 Å². The summed E-state index contributed by atoms with van der Waals surface area (Å²) in [6, 6.07) is 13.0. The van der Waals surface area contributed by atoms with Crippen LogP contribution in [0, 0.1) is 5.11 Å². The zero-order valence-corrected chi connectivity index (χ0v) is 9.33. The molecular weight excluding hydrogens is 179 g/mol. The van der Waals surface area contributed by atoms with Gasteiger partial charge in [0.25, 0.3) is 0 Å². The number of rotatable bonds is 1. The van der Waals surface area contributed by atoms with Crippen molar-refractivity contribution in [1.29, 1.82) is 0 Å². The second-order valence-electron chi connectivity index (χ2n) is 3.73. The monoisotopic (exact) mass is 194 g/mol. The Labute approximate surface area is 91.2 Å². The van der Waals surface area contributed by atoms with Crippen LogP contribution in [-0.4, -0.2) is 6.92 Å². The first-order valence-electron chi connectivity index (χ1n) is 5.50. The van der Waals surface area contributed by atoms with Crippen LogP contribution in [0.15, 0.2) is 36.4 Å². The molecule has 0 unspecified atom stereocenters. The third-order valence-corrected chi connectivity index (χ3v) is 2.69. The number of benzene rings is 2. The maximum atomic E-state index is 2.28. The molecule has 2 aromatic carbocycles. The molecule has 0 heterocycles. The first-order valence-corrected chi connectivity index (χ1v) is 5.50. The summed E-state index contributed by atoms with van der Waals surface area (Å²) in [7, 11) is 0. The van der Waals surface area contributed by atoms with Gasteiger partial charge in [-0.2, -0.15) is 0 Å². The molecule has 2 aromatic rings. The Bertz CT molecular complexity index is 582. The Morgan fingerprint density at radius 1 is 1.13 bits per heavy atom. The SMILES string of the molecule is CB=c1cc2ccccc2c/c1=C/CC. The molecule has 0 saturated carbocycles. The van der Waals surface area contributed by atoms with E-state index in [2.05, 4.69) is 63.1 Å². The Morgan fingerprint density at radius 2 is 1.80 bits per heavy atom. The minimum absolute atomic E-state index is 1.08. The van der Waals surface area contributed by atoms with E-state index in [-0.39, 0.29) is 0 Å². The predicted molar refractivity (Wildman–Crippen MR) is 68.8 cm³/mol. The molecule has 0 aliphatic rings. The average molecular weight is 194 g/mol. The fraction of sp³-hybridized carbons (Fsp3) is 0.214. The number of hydrogen-bond acceptors (Lipinski definition) is 0. The molecule has 0 radical (unpaired) electrons. The molecule has 0 aliphatic carbocycles. The molecule has 0 aliphatic heterocycles. The van der Waals surface area contributed by atoms with E-state index >= 15 is 0 Å². The van der Waals surface area contributed by atoms with Crippen LogP contribution in [0.1, 0.15) is 13.3 Å². The zero-order chi connectivity index (χ0) is 10.7. The van der Waals surface area contributed by atoms with Crippen molar-refractivity contribution in [3.8, 4) is 0 Å². The molecule has 0 atom stereocenters. The molecule has 0 amide bonds. The third-order valence-electron chi connectivity index (χ3n) is 2.69. The third kappa shape index (κ3) is 2.01. The van der Waals surface area contributed by atoms with Gasteiger partial charge in [-0.1, -0.05) is 0 Å². The summed E-state index contributed by atoms with van der Waals surface area (Å²) >= 11 is 0. The van der Waals surface area contributed by atoms with Crippen molar-refractivity contribution in [2.75, 3.05) is 0 Å². The van der Waals surface area contributed by atoms with Crippen molar-refractivity contribution in [1.82, 2.24) is 0 Å². The topological polar surface area (TPSA) is 0 Å². The fourth-order valence-electron chi connectivity index (χ4n) is 1.92. The molecule has 2 rings (SSSR count). The van der Waals surface area contributed by atoms with Crippen LogP contribution in [0.25, 0.3) is 16.8 Å². The van der Waals surface area contributed by atoms with Gasteiger partial charge in [0.05, 0.1) is 0 Å². The molecule has 1 heteroatoms. The van der Waals surface area contributed by atoms with Gasteiger partial charge >= 0.3 is 90.7 Å². The maximum absolute atomic E-state index is 2.28. The molecule has 0 nitrogen and oxygen atoms in total. The minimum atomic E-state index is 1.08. The van der Waals surface area contributed by atoms with E-state index in [1.54, 1.807) is 0 Å². The summed E-state index contributed by atoms with van der Waals surface area (Å²) in [4.78, 5) is 0.